The van der Waals surface area contributed by atoms with Gasteiger partial charge in [-0.05, 0) is 23.8 Å². The zero-order valence-corrected chi connectivity index (χ0v) is 10.0. The first-order valence-corrected chi connectivity index (χ1v) is 5.84. The van der Waals surface area contributed by atoms with E-state index in [4.69, 9.17) is 9.68 Å². The second kappa shape index (κ2) is 4.46. The Kier molecular flexibility index (Phi) is 2.66. The van der Waals surface area contributed by atoms with Crippen LogP contribution in [0, 0.1) is 11.3 Å². The number of benzene rings is 1. The van der Waals surface area contributed by atoms with Gasteiger partial charge in [0.1, 0.15) is 5.58 Å². The van der Waals surface area contributed by atoms with Crippen LogP contribution in [0.3, 0.4) is 0 Å². The molecule has 4 nitrogen and oxygen atoms in total. The second-order valence-corrected chi connectivity index (χ2v) is 4.22. The Bertz CT molecular complexity index is 837. The van der Waals surface area contributed by atoms with Crippen molar-refractivity contribution >= 4 is 11.0 Å². The molecule has 0 spiro atoms. The van der Waals surface area contributed by atoms with Gasteiger partial charge in [0.15, 0.2) is 0 Å². The minimum absolute atomic E-state index is 0.112. The van der Waals surface area contributed by atoms with Crippen LogP contribution >= 0.6 is 0 Å². The Balaban J connectivity index is 2.09. The van der Waals surface area contributed by atoms with Crippen molar-refractivity contribution in [1.29, 1.82) is 5.26 Å². The van der Waals surface area contributed by atoms with E-state index in [1.54, 1.807) is 29.0 Å². The second-order valence-electron chi connectivity index (χ2n) is 4.22. The molecule has 0 aliphatic carbocycles. The van der Waals surface area contributed by atoms with Crippen LogP contribution in [0.4, 0.5) is 0 Å². The molecule has 0 saturated carbocycles. The van der Waals surface area contributed by atoms with E-state index in [1.165, 1.54) is 6.26 Å². The minimum Gasteiger partial charge on any atom is -0.464 e. The lowest BCUT2D eigenvalue weighted by Gasteiger charge is -2.07. The molecule has 92 valence electrons. The van der Waals surface area contributed by atoms with Gasteiger partial charge in [0.2, 0.25) is 0 Å². The van der Waals surface area contributed by atoms with Crippen molar-refractivity contribution in [3.63, 3.8) is 0 Å². The Morgan fingerprint density at radius 1 is 1.21 bits per heavy atom. The maximum atomic E-state index is 12.2. The molecule has 3 rings (SSSR count). The van der Waals surface area contributed by atoms with Gasteiger partial charge in [-0.2, -0.15) is 5.26 Å². The first kappa shape index (κ1) is 11.3. The number of aromatic nitrogens is 1. The summed E-state index contributed by atoms with van der Waals surface area (Å²) in [7, 11) is 0. The molecule has 0 N–H and O–H groups in total. The maximum absolute atomic E-state index is 12.2. The lowest BCUT2D eigenvalue weighted by Crippen LogP contribution is -2.19. The average molecular weight is 250 g/mol. The van der Waals surface area contributed by atoms with Gasteiger partial charge >= 0.3 is 0 Å². The fourth-order valence-corrected chi connectivity index (χ4v) is 2.08. The molecule has 3 aromatic rings. The van der Waals surface area contributed by atoms with E-state index in [1.807, 2.05) is 18.2 Å². The van der Waals surface area contributed by atoms with Crippen molar-refractivity contribution in [2.24, 2.45) is 0 Å². The number of furan rings is 1. The normalized spacial score (nSPS) is 10.5. The van der Waals surface area contributed by atoms with Crippen LogP contribution < -0.4 is 5.56 Å². The molecule has 0 aliphatic rings. The number of nitriles is 1. The van der Waals surface area contributed by atoms with Gasteiger partial charge in [0.25, 0.3) is 5.56 Å². The third kappa shape index (κ3) is 1.91. The van der Waals surface area contributed by atoms with Crippen LogP contribution in [0.15, 0.2) is 58.1 Å². The van der Waals surface area contributed by atoms with E-state index in [2.05, 4.69) is 6.07 Å². The molecule has 2 aromatic heterocycles. The van der Waals surface area contributed by atoms with Crippen molar-refractivity contribution in [1.82, 2.24) is 4.57 Å². The zero-order valence-electron chi connectivity index (χ0n) is 10.0. The Labute approximate surface area is 109 Å². The van der Waals surface area contributed by atoms with Crippen molar-refractivity contribution < 1.29 is 4.42 Å². The largest absolute Gasteiger partial charge is 0.464 e. The predicted molar refractivity (Wildman–Crippen MR) is 70.7 cm³/mol. The molecule has 0 unspecified atom stereocenters. The third-order valence-corrected chi connectivity index (χ3v) is 3.07. The molecule has 0 amide bonds. The molecular formula is C15H10N2O2. The fraction of sp³-hybridized carbons (Fsp3) is 0.0667. The van der Waals surface area contributed by atoms with Gasteiger partial charge in [0, 0.05) is 6.20 Å². The van der Waals surface area contributed by atoms with Crippen LogP contribution in [0.2, 0.25) is 0 Å². The minimum atomic E-state index is -0.112. The molecule has 0 radical (unpaired) electrons. The lowest BCUT2D eigenvalue weighted by molar-refractivity contribution is 0.613. The topological polar surface area (TPSA) is 58.9 Å². The van der Waals surface area contributed by atoms with E-state index >= 15 is 0 Å². The van der Waals surface area contributed by atoms with Gasteiger partial charge in [-0.1, -0.05) is 18.2 Å². The summed E-state index contributed by atoms with van der Waals surface area (Å²) < 4.78 is 6.76. The summed E-state index contributed by atoms with van der Waals surface area (Å²) in [5, 5.41) is 9.60. The number of pyridine rings is 1. The van der Waals surface area contributed by atoms with Gasteiger partial charge in [-0.3, -0.25) is 4.79 Å². The zero-order chi connectivity index (χ0) is 13.2. The number of hydrogen-bond donors (Lipinski definition) is 0. The highest BCUT2D eigenvalue weighted by Crippen LogP contribution is 2.12. The highest BCUT2D eigenvalue weighted by molar-refractivity contribution is 5.75. The van der Waals surface area contributed by atoms with E-state index in [0.29, 0.717) is 23.1 Å². The lowest BCUT2D eigenvalue weighted by atomic mass is 10.1. The maximum Gasteiger partial charge on any atom is 0.262 e. The molecule has 4 heteroatoms. The SMILES string of the molecule is N#Cc1ccccc1Cn1ccc2occc2c1=O. The molecule has 0 bridgehead atoms. The Morgan fingerprint density at radius 2 is 2.05 bits per heavy atom. The number of rotatable bonds is 2. The monoisotopic (exact) mass is 250 g/mol. The summed E-state index contributed by atoms with van der Waals surface area (Å²) in [6, 6.07) is 12.8. The van der Waals surface area contributed by atoms with E-state index < -0.39 is 0 Å². The van der Waals surface area contributed by atoms with Gasteiger partial charge in [0.05, 0.1) is 29.8 Å². The quantitative estimate of drug-likeness (QED) is 0.702. The molecule has 0 atom stereocenters. The molecule has 1 aromatic carbocycles. The molecule has 0 aliphatic heterocycles. The Morgan fingerprint density at radius 3 is 2.89 bits per heavy atom. The summed E-state index contributed by atoms with van der Waals surface area (Å²) >= 11 is 0. The highest BCUT2D eigenvalue weighted by Gasteiger charge is 2.07. The summed E-state index contributed by atoms with van der Waals surface area (Å²) in [4.78, 5) is 12.2. The van der Waals surface area contributed by atoms with Crippen LogP contribution in [-0.2, 0) is 6.54 Å². The molecule has 19 heavy (non-hydrogen) atoms. The smallest absolute Gasteiger partial charge is 0.262 e. The molecular weight excluding hydrogens is 240 g/mol. The standard InChI is InChI=1S/C15H10N2O2/c16-9-11-3-1-2-4-12(11)10-17-7-5-14-13(15(17)18)6-8-19-14/h1-8H,10H2. The predicted octanol–water partition coefficient (Wildman–Crippen LogP) is 2.51. The third-order valence-electron chi connectivity index (χ3n) is 3.07. The van der Waals surface area contributed by atoms with Crippen LogP contribution in [-0.4, -0.2) is 4.57 Å². The Hall–Kier alpha value is -2.80. The first-order valence-electron chi connectivity index (χ1n) is 5.84. The molecule has 2 heterocycles. The van der Waals surface area contributed by atoms with Crippen molar-refractivity contribution in [2.75, 3.05) is 0 Å². The van der Waals surface area contributed by atoms with E-state index in [9.17, 15) is 4.79 Å². The molecule has 0 saturated heterocycles. The van der Waals surface area contributed by atoms with Crippen LogP contribution in [0.1, 0.15) is 11.1 Å². The number of nitrogens with zero attached hydrogens (tertiary/aromatic N) is 2. The first-order chi connectivity index (χ1) is 9.29. The summed E-state index contributed by atoms with van der Waals surface area (Å²) in [5.41, 5.74) is 1.88. The molecule has 0 fully saturated rings. The average Bonchev–Trinajstić information content (AvgIpc) is 2.92. The van der Waals surface area contributed by atoms with Gasteiger partial charge in [-0.25, -0.2) is 0 Å². The van der Waals surface area contributed by atoms with E-state index in [-0.39, 0.29) is 5.56 Å². The van der Waals surface area contributed by atoms with Gasteiger partial charge < -0.3 is 8.98 Å². The van der Waals surface area contributed by atoms with Crippen molar-refractivity contribution in [3.8, 4) is 6.07 Å². The highest BCUT2D eigenvalue weighted by atomic mass is 16.3. The van der Waals surface area contributed by atoms with E-state index in [0.717, 1.165) is 5.56 Å². The summed E-state index contributed by atoms with van der Waals surface area (Å²) in [6.45, 7) is 0.379. The fourth-order valence-electron chi connectivity index (χ4n) is 2.08. The number of fused-ring (bicyclic) bond motifs is 1. The summed E-state index contributed by atoms with van der Waals surface area (Å²) in [5.74, 6) is 0. The van der Waals surface area contributed by atoms with Crippen molar-refractivity contribution in [3.05, 3.63) is 70.3 Å². The van der Waals surface area contributed by atoms with Crippen LogP contribution in [0.5, 0.6) is 0 Å². The number of hydrogen-bond acceptors (Lipinski definition) is 3. The van der Waals surface area contributed by atoms with Crippen LogP contribution in [0.25, 0.3) is 11.0 Å². The van der Waals surface area contributed by atoms with Crippen molar-refractivity contribution in [2.45, 2.75) is 6.54 Å². The van der Waals surface area contributed by atoms with Gasteiger partial charge in [-0.15, -0.1) is 0 Å². The summed E-state index contributed by atoms with van der Waals surface area (Å²) in [6.07, 6.45) is 3.18.